The van der Waals surface area contributed by atoms with Gasteiger partial charge in [-0.05, 0) is 12.2 Å². The van der Waals surface area contributed by atoms with Crippen LogP contribution in [0, 0.1) is 0 Å². The lowest BCUT2D eigenvalue weighted by Crippen LogP contribution is -2.43. The average Bonchev–Trinajstić information content (AvgIpc) is 2.48. The molecule has 0 aromatic heterocycles. The molecule has 3 N–H and O–H groups in total. The molecule has 0 amide bonds. The molecule has 0 radical (unpaired) electrons. The Morgan fingerprint density at radius 1 is 1.00 bits per heavy atom. The van der Waals surface area contributed by atoms with Crippen molar-refractivity contribution in [2.75, 3.05) is 31.1 Å². The molecule has 1 fully saturated rings. The van der Waals surface area contributed by atoms with Crippen LogP contribution in [-0.4, -0.2) is 48.0 Å². The predicted octanol–water partition coefficient (Wildman–Crippen LogP) is 1.10. The molecule has 3 rings (SSSR count). The lowest BCUT2D eigenvalue weighted by molar-refractivity contribution is 0.0989. The number of fused-ring (bicyclic) bond motifs is 1. The molecule has 1 heterocycles. The Kier molecular flexibility index (Phi) is 3.35. The zero-order valence-electron chi connectivity index (χ0n) is 11.0. The Hall–Kier alpha value is -2.05. The summed E-state index contributed by atoms with van der Waals surface area (Å²) in [6.07, 6.45) is 2.14. The summed E-state index contributed by atoms with van der Waals surface area (Å²) in [5, 5.41) is 23.6. The van der Waals surface area contributed by atoms with E-state index in [9.17, 15) is 19.8 Å². The maximum Gasteiger partial charge on any atom is 0.190 e. The number of phenols is 2. The fraction of sp³-hybridized carbons (Fsp3) is 0.286. The van der Waals surface area contributed by atoms with Crippen LogP contribution in [0.1, 0.15) is 20.7 Å². The van der Waals surface area contributed by atoms with Gasteiger partial charge in [-0.3, -0.25) is 9.59 Å². The highest BCUT2D eigenvalue weighted by Crippen LogP contribution is 2.47. The third-order valence-corrected chi connectivity index (χ3v) is 4.03. The molecular formula is C14H13ClN2O4. The number of anilines is 1. The lowest BCUT2D eigenvalue weighted by Gasteiger charge is -2.32. The van der Waals surface area contributed by atoms with Gasteiger partial charge in [-0.15, -0.1) is 0 Å². The number of ketones is 2. The molecule has 6 nitrogen and oxygen atoms in total. The fourth-order valence-electron chi connectivity index (χ4n) is 2.66. The lowest BCUT2D eigenvalue weighted by atomic mass is 9.91. The monoisotopic (exact) mass is 308 g/mol. The van der Waals surface area contributed by atoms with Crippen LogP contribution >= 0.6 is 11.6 Å². The second-order valence-electron chi connectivity index (χ2n) is 4.91. The molecule has 0 unspecified atom stereocenters. The molecule has 0 bridgehead atoms. The van der Waals surface area contributed by atoms with E-state index in [1.807, 2.05) is 0 Å². The number of phenolic OH excluding ortho intramolecular Hbond substituents is 2. The van der Waals surface area contributed by atoms with E-state index in [4.69, 9.17) is 11.6 Å². The summed E-state index contributed by atoms with van der Waals surface area (Å²) in [5.74, 6) is -1.88. The third-order valence-electron chi connectivity index (χ3n) is 3.68. The number of benzene rings is 1. The van der Waals surface area contributed by atoms with Crippen molar-refractivity contribution in [2.45, 2.75) is 0 Å². The predicted molar refractivity (Wildman–Crippen MR) is 77.7 cm³/mol. The number of hydrogen-bond donors (Lipinski definition) is 3. The van der Waals surface area contributed by atoms with Crippen LogP contribution in [0.5, 0.6) is 11.5 Å². The van der Waals surface area contributed by atoms with Crippen LogP contribution in [0.4, 0.5) is 5.69 Å². The molecule has 2 aliphatic rings. The van der Waals surface area contributed by atoms with Crippen molar-refractivity contribution in [1.82, 2.24) is 5.32 Å². The first-order valence-electron chi connectivity index (χ1n) is 6.52. The Bertz CT molecular complexity index is 678. The van der Waals surface area contributed by atoms with E-state index >= 15 is 0 Å². The van der Waals surface area contributed by atoms with Crippen LogP contribution in [-0.2, 0) is 0 Å². The number of nitrogens with one attached hydrogen (secondary N) is 1. The molecule has 1 aromatic rings. The van der Waals surface area contributed by atoms with Crippen LogP contribution < -0.4 is 10.2 Å². The topological polar surface area (TPSA) is 89.9 Å². The second-order valence-corrected chi connectivity index (χ2v) is 5.29. The molecule has 7 heteroatoms. The molecule has 1 aliphatic heterocycles. The van der Waals surface area contributed by atoms with Gasteiger partial charge < -0.3 is 20.4 Å². The molecule has 1 saturated heterocycles. The zero-order chi connectivity index (χ0) is 15.1. The minimum absolute atomic E-state index is 0.107. The van der Waals surface area contributed by atoms with Gasteiger partial charge in [0.05, 0.1) is 11.1 Å². The summed E-state index contributed by atoms with van der Waals surface area (Å²) in [6, 6.07) is 0. The van der Waals surface area contributed by atoms with E-state index in [1.165, 1.54) is 0 Å². The fourth-order valence-corrected chi connectivity index (χ4v) is 2.96. The Balaban J connectivity index is 2.24. The van der Waals surface area contributed by atoms with Crippen LogP contribution in [0.2, 0.25) is 5.02 Å². The maximum absolute atomic E-state index is 12.0. The first-order chi connectivity index (χ1) is 10.0. The van der Waals surface area contributed by atoms with Gasteiger partial charge in [0.25, 0.3) is 0 Å². The van der Waals surface area contributed by atoms with Gasteiger partial charge >= 0.3 is 0 Å². The smallest absolute Gasteiger partial charge is 0.190 e. The van der Waals surface area contributed by atoms with Crippen molar-refractivity contribution in [1.29, 1.82) is 0 Å². The van der Waals surface area contributed by atoms with Gasteiger partial charge in [0.15, 0.2) is 17.3 Å². The molecule has 1 aromatic carbocycles. The van der Waals surface area contributed by atoms with Crippen molar-refractivity contribution < 1.29 is 19.8 Å². The molecule has 0 saturated carbocycles. The van der Waals surface area contributed by atoms with Crippen molar-refractivity contribution in [3.63, 3.8) is 0 Å². The SMILES string of the molecule is O=C1C=CC(=O)c2c(O)c(N3CCNCC3)c(Cl)c(O)c21. The number of hydrogen-bond acceptors (Lipinski definition) is 6. The molecule has 110 valence electrons. The minimum atomic E-state index is -0.550. The molecule has 0 atom stereocenters. The van der Waals surface area contributed by atoms with Crippen LogP contribution in [0.15, 0.2) is 12.2 Å². The van der Waals surface area contributed by atoms with E-state index in [1.54, 1.807) is 4.90 Å². The first kappa shape index (κ1) is 13.9. The first-order valence-corrected chi connectivity index (χ1v) is 6.90. The largest absolute Gasteiger partial charge is 0.505 e. The molecule has 1 aliphatic carbocycles. The van der Waals surface area contributed by atoms with Crippen LogP contribution in [0.3, 0.4) is 0 Å². The van der Waals surface area contributed by atoms with Gasteiger partial charge in [0.2, 0.25) is 0 Å². The van der Waals surface area contributed by atoms with E-state index in [0.29, 0.717) is 26.2 Å². The van der Waals surface area contributed by atoms with E-state index in [2.05, 4.69) is 5.32 Å². The minimum Gasteiger partial charge on any atom is -0.505 e. The van der Waals surface area contributed by atoms with Gasteiger partial charge in [0, 0.05) is 26.2 Å². The summed E-state index contributed by atoms with van der Waals surface area (Å²) in [6.45, 7) is 2.54. The molecular weight excluding hydrogens is 296 g/mol. The van der Waals surface area contributed by atoms with Crippen LogP contribution in [0.25, 0.3) is 0 Å². The summed E-state index contributed by atoms with van der Waals surface area (Å²) >= 11 is 6.12. The highest BCUT2D eigenvalue weighted by atomic mass is 35.5. The standard InChI is InChI=1S/C14H13ClN2O4/c15-11-12(17-5-3-16-4-6-17)14(21)10-8(19)2-1-7(18)9(10)13(11)20/h1-2,16,20-21H,3-6H2. The number of carbonyl (C=O) groups excluding carboxylic acids is 2. The quantitative estimate of drug-likeness (QED) is 0.673. The highest BCUT2D eigenvalue weighted by Gasteiger charge is 2.33. The van der Waals surface area contributed by atoms with Gasteiger partial charge in [-0.25, -0.2) is 0 Å². The number of aromatic hydroxyl groups is 2. The number of nitrogens with zero attached hydrogens (tertiary/aromatic N) is 1. The number of carbonyl (C=O) groups is 2. The van der Waals surface area contributed by atoms with Crippen molar-refractivity contribution in [3.05, 3.63) is 28.3 Å². The van der Waals surface area contributed by atoms with E-state index in [0.717, 1.165) is 12.2 Å². The summed E-state index contributed by atoms with van der Waals surface area (Å²) in [5.41, 5.74) is -0.215. The number of allylic oxidation sites excluding steroid dienone is 2. The molecule has 21 heavy (non-hydrogen) atoms. The summed E-state index contributed by atoms with van der Waals surface area (Å²) in [7, 11) is 0. The Morgan fingerprint density at radius 2 is 1.52 bits per heavy atom. The normalized spacial score (nSPS) is 18.0. The van der Waals surface area contributed by atoms with Crippen molar-refractivity contribution >= 4 is 28.9 Å². The number of halogens is 1. The van der Waals surface area contributed by atoms with Crippen molar-refractivity contribution in [3.8, 4) is 11.5 Å². The van der Waals surface area contributed by atoms with E-state index < -0.39 is 17.3 Å². The van der Waals surface area contributed by atoms with E-state index in [-0.39, 0.29) is 27.6 Å². The zero-order valence-corrected chi connectivity index (χ0v) is 11.8. The molecule has 0 spiro atoms. The summed E-state index contributed by atoms with van der Waals surface area (Å²) < 4.78 is 0. The van der Waals surface area contributed by atoms with Crippen molar-refractivity contribution in [2.24, 2.45) is 0 Å². The Morgan fingerprint density at radius 3 is 2.10 bits per heavy atom. The average molecular weight is 309 g/mol. The highest BCUT2D eigenvalue weighted by molar-refractivity contribution is 6.37. The Labute approximate surface area is 125 Å². The van der Waals surface area contributed by atoms with Gasteiger partial charge in [0.1, 0.15) is 16.5 Å². The number of piperazine rings is 1. The second kappa shape index (κ2) is 5.05. The summed E-state index contributed by atoms with van der Waals surface area (Å²) in [4.78, 5) is 25.6. The number of rotatable bonds is 1. The third kappa shape index (κ3) is 2.07. The van der Waals surface area contributed by atoms with Gasteiger partial charge in [-0.1, -0.05) is 11.6 Å². The van der Waals surface area contributed by atoms with Gasteiger partial charge in [-0.2, -0.15) is 0 Å². The maximum atomic E-state index is 12.0.